The maximum atomic E-state index is 14.2. The maximum absolute atomic E-state index is 14.2. The van der Waals surface area contributed by atoms with E-state index in [2.05, 4.69) is 4.90 Å². The molecule has 0 unspecified atom stereocenters. The third kappa shape index (κ3) is 4.28. The molecule has 8 nitrogen and oxygen atoms in total. The fourth-order valence-electron chi connectivity index (χ4n) is 4.66. The van der Waals surface area contributed by atoms with Crippen molar-refractivity contribution in [1.29, 1.82) is 0 Å². The summed E-state index contributed by atoms with van der Waals surface area (Å²) < 4.78 is 30.7. The van der Waals surface area contributed by atoms with Crippen molar-refractivity contribution in [2.24, 2.45) is 0 Å². The Morgan fingerprint density at radius 3 is 2.66 bits per heavy atom. The first-order valence-corrected chi connectivity index (χ1v) is 11.4. The standard InChI is InChI=1S/C26H25FN2O6/c1-33-19-7-3-5-17-15-20(35-25(17)19)23(30)21-22(16-4-2-6-18(27)14-16)29(26(32)24(21)31)9-8-28-10-12-34-13-11-28/h2-7,14-15,22,31H,8-13H2,1H3/t22-/m1/s1. The molecule has 2 aromatic carbocycles. The molecule has 0 aliphatic carbocycles. The van der Waals surface area contributed by atoms with Gasteiger partial charge in [-0.3, -0.25) is 14.5 Å². The number of Topliss-reactive ketones (excluding diaryl/α,β-unsaturated/α-hetero) is 1. The van der Waals surface area contributed by atoms with Crippen LogP contribution in [0.15, 0.2) is 64.3 Å². The van der Waals surface area contributed by atoms with Gasteiger partial charge in [0.05, 0.1) is 31.9 Å². The Morgan fingerprint density at radius 1 is 1.14 bits per heavy atom. The second kappa shape index (κ2) is 9.52. The lowest BCUT2D eigenvalue weighted by Gasteiger charge is -2.31. The number of ketones is 1. The number of aliphatic hydroxyl groups excluding tert-OH is 1. The molecule has 5 rings (SSSR count). The summed E-state index contributed by atoms with van der Waals surface area (Å²) in [4.78, 5) is 30.3. The number of hydrogen-bond acceptors (Lipinski definition) is 7. The molecule has 2 aliphatic heterocycles. The van der Waals surface area contributed by atoms with Crippen LogP contribution < -0.4 is 4.74 Å². The van der Waals surface area contributed by atoms with Gasteiger partial charge in [0, 0.05) is 31.6 Å². The van der Waals surface area contributed by atoms with Crippen molar-refractivity contribution in [3.8, 4) is 5.75 Å². The van der Waals surface area contributed by atoms with Gasteiger partial charge in [-0.25, -0.2) is 4.39 Å². The molecule has 3 aromatic rings. The first-order chi connectivity index (χ1) is 17.0. The van der Waals surface area contributed by atoms with Crippen LogP contribution in [0.2, 0.25) is 0 Å². The van der Waals surface area contributed by atoms with E-state index in [1.807, 2.05) is 0 Å². The lowest BCUT2D eigenvalue weighted by atomic mass is 9.95. The number of rotatable bonds is 7. The van der Waals surface area contributed by atoms with Gasteiger partial charge in [0.1, 0.15) is 5.82 Å². The summed E-state index contributed by atoms with van der Waals surface area (Å²) in [6.07, 6.45) is 0. The smallest absolute Gasteiger partial charge is 0.290 e. The van der Waals surface area contributed by atoms with E-state index in [4.69, 9.17) is 13.9 Å². The zero-order valence-corrected chi connectivity index (χ0v) is 19.2. The highest BCUT2D eigenvalue weighted by Crippen LogP contribution is 2.40. The van der Waals surface area contributed by atoms with E-state index in [1.54, 1.807) is 30.3 Å². The Balaban J connectivity index is 1.52. The van der Waals surface area contributed by atoms with E-state index < -0.39 is 29.3 Å². The summed E-state index contributed by atoms with van der Waals surface area (Å²) in [5.41, 5.74) is 0.635. The summed E-state index contributed by atoms with van der Waals surface area (Å²) in [6, 6.07) is 11.5. The molecular weight excluding hydrogens is 455 g/mol. The first-order valence-electron chi connectivity index (χ1n) is 11.4. The van der Waals surface area contributed by atoms with Crippen LogP contribution >= 0.6 is 0 Å². The van der Waals surface area contributed by atoms with Gasteiger partial charge in [-0.05, 0) is 29.8 Å². The van der Waals surface area contributed by atoms with E-state index in [1.165, 1.54) is 30.2 Å². The average molecular weight is 480 g/mol. The van der Waals surface area contributed by atoms with Crippen molar-refractivity contribution < 1.29 is 33.0 Å². The SMILES string of the molecule is COc1cccc2cc(C(=O)C3=C(O)C(=O)N(CCN4CCOCC4)[C@@H]3c3cccc(F)c3)oc12. The van der Waals surface area contributed by atoms with Gasteiger partial charge in [-0.15, -0.1) is 0 Å². The van der Waals surface area contributed by atoms with Gasteiger partial charge in [0.2, 0.25) is 5.78 Å². The fraction of sp³-hybridized carbons (Fsp3) is 0.308. The van der Waals surface area contributed by atoms with Crippen LogP contribution in [0.25, 0.3) is 11.0 Å². The lowest BCUT2D eigenvalue weighted by molar-refractivity contribution is -0.129. The van der Waals surface area contributed by atoms with Gasteiger partial charge in [-0.2, -0.15) is 0 Å². The van der Waals surface area contributed by atoms with Crippen molar-refractivity contribution in [3.05, 3.63) is 77.0 Å². The van der Waals surface area contributed by atoms with Gasteiger partial charge < -0.3 is 23.9 Å². The molecule has 1 N–H and O–H groups in total. The van der Waals surface area contributed by atoms with Crippen LogP contribution in [0, 0.1) is 5.82 Å². The largest absolute Gasteiger partial charge is 0.503 e. The van der Waals surface area contributed by atoms with Crippen molar-refractivity contribution in [3.63, 3.8) is 0 Å². The molecule has 1 aromatic heterocycles. The quantitative estimate of drug-likeness (QED) is 0.518. The normalized spacial score (nSPS) is 19.1. The Morgan fingerprint density at radius 2 is 1.91 bits per heavy atom. The van der Waals surface area contributed by atoms with Crippen LogP contribution in [0.1, 0.15) is 22.2 Å². The molecule has 0 bridgehead atoms. The maximum Gasteiger partial charge on any atom is 0.290 e. The molecule has 35 heavy (non-hydrogen) atoms. The van der Waals surface area contributed by atoms with Gasteiger partial charge >= 0.3 is 0 Å². The van der Waals surface area contributed by atoms with Crippen LogP contribution in [-0.4, -0.2) is 73.1 Å². The number of hydrogen-bond donors (Lipinski definition) is 1. The Kier molecular flexibility index (Phi) is 6.27. The number of nitrogens with zero attached hydrogens (tertiary/aromatic N) is 2. The van der Waals surface area contributed by atoms with Crippen molar-refractivity contribution in [2.45, 2.75) is 6.04 Å². The molecule has 1 amide bonds. The minimum absolute atomic E-state index is 0.0460. The number of halogens is 1. The number of morpholine rings is 1. The van der Waals surface area contributed by atoms with E-state index in [0.717, 1.165) is 13.1 Å². The fourth-order valence-corrected chi connectivity index (χ4v) is 4.66. The molecule has 0 spiro atoms. The molecule has 2 aliphatic rings. The number of para-hydroxylation sites is 1. The minimum atomic E-state index is -0.957. The Hall–Kier alpha value is -3.69. The zero-order chi connectivity index (χ0) is 24.5. The van der Waals surface area contributed by atoms with Crippen molar-refractivity contribution >= 4 is 22.7 Å². The van der Waals surface area contributed by atoms with E-state index >= 15 is 0 Å². The number of amides is 1. The molecule has 1 saturated heterocycles. The number of carbonyl (C=O) groups is 2. The Bertz CT molecular complexity index is 1310. The number of methoxy groups -OCH3 is 1. The molecule has 3 heterocycles. The first kappa shape index (κ1) is 23.1. The molecular formula is C26H25FN2O6. The van der Waals surface area contributed by atoms with Crippen molar-refractivity contribution in [1.82, 2.24) is 9.80 Å². The second-order valence-corrected chi connectivity index (χ2v) is 8.49. The molecule has 9 heteroatoms. The zero-order valence-electron chi connectivity index (χ0n) is 19.2. The van der Waals surface area contributed by atoms with E-state index in [0.29, 0.717) is 42.0 Å². The highest BCUT2D eigenvalue weighted by atomic mass is 19.1. The summed E-state index contributed by atoms with van der Waals surface area (Å²) in [7, 11) is 1.50. The summed E-state index contributed by atoms with van der Waals surface area (Å²) >= 11 is 0. The van der Waals surface area contributed by atoms with Gasteiger partial charge in [-0.1, -0.05) is 24.3 Å². The summed E-state index contributed by atoms with van der Waals surface area (Å²) in [5, 5.41) is 11.5. The molecule has 1 fully saturated rings. The van der Waals surface area contributed by atoms with Crippen molar-refractivity contribution in [2.75, 3.05) is 46.5 Å². The number of ether oxygens (including phenoxy) is 2. The number of furan rings is 1. The molecule has 182 valence electrons. The summed E-state index contributed by atoms with van der Waals surface area (Å²) in [6.45, 7) is 3.41. The van der Waals surface area contributed by atoms with Gasteiger partial charge in [0.15, 0.2) is 22.9 Å². The third-order valence-electron chi connectivity index (χ3n) is 6.43. The van der Waals surface area contributed by atoms with E-state index in [9.17, 15) is 19.1 Å². The molecule has 1 atom stereocenters. The highest BCUT2D eigenvalue weighted by Gasteiger charge is 2.44. The minimum Gasteiger partial charge on any atom is -0.503 e. The topological polar surface area (TPSA) is 92.5 Å². The van der Waals surface area contributed by atoms with Crippen LogP contribution in [0.4, 0.5) is 4.39 Å². The number of carbonyl (C=O) groups excluding carboxylic acids is 2. The predicted molar refractivity (Wildman–Crippen MR) is 125 cm³/mol. The van der Waals surface area contributed by atoms with E-state index in [-0.39, 0.29) is 17.9 Å². The number of aliphatic hydroxyl groups is 1. The van der Waals surface area contributed by atoms with Crippen LogP contribution in [0.3, 0.4) is 0 Å². The molecule has 0 radical (unpaired) electrons. The summed E-state index contributed by atoms with van der Waals surface area (Å²) in [5.74, 6) is -2.07. The second-order valence-electron chi connectivity index (χ2n) is 8.49. The van der Waals surface area contributed by atoms with Crippen LogP contribution in [0.5, 0.6) is 5.75 Å². The monoisotopic (exact) mass is 480 g/mol. The molecule has 0 saturated carbocycles. The third-order valence-corrected chi connectivity index (χ3v) is 6.43. The predicted octanol–water partition coefficient (Wildman–Crippen LogP) is 3.49. The van der Waals surface area contributed by atoms with Crippen LogP contribution in [-0.2, 0) is 9.53 Å². The Labute approximate surface area is 201 Å². The number of fused-ring (bicyclic) bond motifs is 1. The number of benzene rings is 2. The average Bonchev–Trinajstić information content (AvgIpc) is 3.42. The van der Waals surface area contributed by atoms with Gasteiger partial charge in [0.25, 0.3) is 5.91 Å². The highest BCUT2D eigenvalue weighted by molar-refractivity contribution is 6.16. The lowest BCUT2D eigenvalue weighted by Crippen LogP contribution is -2.43.